The number of hydrogen-bond acceptors (Lipinski definition) is 5. The number of carbonyl (C=O) groups excluding carboxylic acids is 2. The third kappa shape index (κ3) is 6.11. The van der Waals surface area contributed by atoms with Crippen LogP contribution in [0.1, 0.15) is 26.3 Å². The van der Waals surface area contributed by atoms with Gasteiger partial charge in [0.1, 0.15) is 11.5 Å². The molecule has 0 spiro atoms. The lowest BCUT2D eigenvalue weighted by Gasteiger charge is -2.26. The van der Waals surface area contributed by atoms with E-state index < -0.39 is 0 Å². The summed E-state index contributed by atoms with van der Waals surface area (Å²) >= 11 is 0. The van der Waals surface area contributed by atoms with Gasteiger partial charge in [-0.15, -0.1) is 0 Å². The first kappa shape index (κ1) is 23.8. The molecule has 0 aliphatic carbocycles. The molecule has 33 heavy (non-hydrogen) atoms. The summed E-state index contributed by atoms with van der Waals surface area (Å²) in [5, 5.41) is 2.89. The number of methoxy groups -OCH3 is 2. The van der Waals surface area contributed by atoms with E-state index in [0.29, 0.717) is 29.3 Å². The van der Waals surface area contributed by atoms with Crippen molar-refractivity contribution in [1.29, 1.82) is 0 Å². The van der Waals surface area contributed by atoms with Crippen molar-refractivity contribution in [2.24, 2.45) is 0 Å². The average Bonchev–Trinajstić information content (AvgIpc) is 2.85. The van der Waals surface area contributed by atoms with Crippen LogP contribution in [0.4, 0.5) is 5.69 Å². The first-order chi connectivity index (χ1) is 15.9. The molecular formula is C26H29N3O4. The predicted octanol–water partition coefficient (Wildman–Crippen LogP) is 3.80. The maximum Gasteiger partial charge on any atom is 0.259 e. The number of amides is 2. The lowest BCUT2D eigenvalue weighted by Crippen LogP contribution is -2.38. The molecule has 0 heterocycles. The smallest absolute Gasteiger partial charge is 0.259 e. The summed E-state index contributed by atoms with van der Waals surface area (Å²) in [4.78, 5) is 29.7. The van der Waals surface area contributed by atoms with Crippen LogP contribution in [0.3, 0.4) is 0 Å². The molecule has 0 atom stereocenters. The molecule has 0 bridgehead atoms. The van der Waals surface area contributed by atoms with Gasteiger partial charge in [0.2, 0.25) is 0 Å². The largest absolute Gasteiger partial charge is 0.497 e. The van der Waals surface area contributed by atoms with Gasteiger partial charge in [-0.3, -0.25) is 19.4 Å². The van der Waals surface area contributed by atoms with Crippen molar-refractivity contribution in [1.82, 2.24) is 10.2 Å². The van der Waals surface area contributed by atoms with Gasteiger partial charge in [0, 0.05) is 23.9 Å². The van der Waals surface area contributed by atoms with Crippen molar-refractivity contribution >= 4 is 17.5 Å². The molecule has 0 aliphatic rings. The number of hydrogen-bond donors (Lipinski definition) is 1. The highest BCUT2D eigenvalue weighted by atomic mass is 16.5. The van der Waals surface area contributed by atoms with Crippen LogP contribution in [0.5, 0.6) is 11.5 Å². The van der Waals surface area contributed by atoms with Crippen LogP contribution in [0.2, 0.25) is 0 Å². The Morgan fingerprint density at radius 1 is 0.879 bits per heavy atom. The molecule has 3 rings (SSSR count). The van der Waals surface area contributed by atoms with E-state index in [1.165, 1.54) is 7.11 Å². The first-order valence-electron chi connectivity index (χ1n) is 10.5. The second-order valence-corrected chi connectivity index (χ2v) is 7.74. The van der Waals surface area contributed by atoms with Gasteiger partial charge in [-0.2, -0.15) is 0 Å². The Morgan fingerprint density at radius 2 is 1.64 bits per heavy atom. The highest BCUT2D eigenvalue weighted by Gasteiger charge is 2.19. The summed E-state index contributed by atoms with van der Waals surface area (Å²) in [6.45, 7) is 0.717. The Balaban J connectivity index is 1.75. The van der Waals surface area contributed by atoms with E-state index in [2.05, 4.69) is 5.32 Å². The summed E-state index contributed by atoms with van der Waals surface area (Å²) in [6.07, 6.45) is 0. The van der Waals surface area contributed by atoms with E-state index in [4.69, 9.17) is 9.47 Å². The van der Waals surface area contributed by atoms with E-state index in [9.17, 15) is 9.59 Å². The van der Waals surface area contributed by atoms with Crippen molar-refractivity contribution in [2.45, 2.75) is 6.54 Å². The fourth-order valence-electron chi connectivity index (χ4n) is 3.39. The Labute approximate surface area is 194 Å². The fraction of sp³-hybridized carbons (Fsp3) is 0.231. The van der Waals surface area contributed by atoms with Crippen LogP contribution in [0, 0.1) is 0 Å². The molecule has 3 aromatic rings. The Morgan fingerprint density at radius 3 is 2.30 bits per heavy atom. The van der Waals surface area contributed by atoms with Crippen molar-refractivity contribution in [2.75, 3.05) is 39.9 Å². The number of carbonyl (C=O) groups is 2. The van der Waals surface area contributed by atoms with E-state index in [-0.39, 0.29) is 18.4 Å². The topological polar surface area (TPSA) is 71.1 Å². The maximum atomic E-state index is 13.3. The molecule has 0 aromatic heterocycles. The van der Waals surface area contributed by atoms with Gasteiger partial charge < -0.3 is 14.8 Å². The van der Waals surface area contributed by atoms with Crippen LogP contribution >= 0.6 is 0 Å². The molecule has 0 unspecified atom stereocenters. The second-order valence-electron chi connectivity index (χ2n) is 7.74. The van der Waals surface area contributed by atoms with Crippen molar-refractivity contribution in [3.63, 3.8) is 0 Å². The molecule has 7 nitrogen and oxygen atoms in total. The van der Waals surface area contributed by atoms with Gasteiger partial charge in [-0.25, -0.2) is 0 Å². The van der Waals surface area contributed by atoms with E-state index in [1.54, 1.807) is 42.3 Å². The third-order valence-electron chi connectivity index (χ3n) is 5.02. The Kier molecular flexibility index (Phi) is 8.05. The maximum absolute atomic E-state index is 13.3. The molecule has 0 fully saturated rings. The summed E-state index contributed by atoms with van der Waals surface area (Å²) in [6, 6.07) is 21.9. The van der Waals surface area contributed by atoms with Gasteiger partial charge in [0.15, 0.2) is 0 Å². The number of benzene rings is 3. The van der Waals surface area contributed by atoms with Crippen LogP contribution in [0.15, 0.2) is 72.8 Å². The van der Waals surface area contributed by atoms with Gasteiger partial charge in [0.25, 0.3) is 11.8 Å². The lowest BCUT2D eigenvalue weighted by atomic mass is 10.1. The zero-order valence-electron chi connectivity index (χ0n) is 19.4. The van der Waals surface area contributed by atoms with Crippen molar-refractivity contribution in [3.8, 4) is 11.5 Å². The van der Waals surface area contributed by atoms with E-state index in [1.807, 2.05) is 61.5 Å². The van der Waals surface area contributed by atoms with Crippen LogP contribution in [-0.4, -0.2) is 51.7 Å². The first-order valence-corrected chi connectivity index (χ1v) is 10.5. The van der Waals surface area contributed by atoms with Crippen LogP contribution < -0.4 is 19.7 Å². The highest BCUT2D eigenvalue weighted by molar-refractivity contribution is 6.06. The minimum absolute atomic E-state index is 0.111. The summed E-state index contributed by atoms with van der Waals surface area (Å²) in [7, 11) is 6.90. The number of para-hydroxylation sites is 1. The molecule has 2 amide bonds. The third-order valence-corrected chi connectivity index (χ3v) is 5.02. The van der Waals surface area contributed by atoms with Gasteiger partial charge >= 0.3 is 0 Å². The van der Waals surface area contributed by atoms with E-state index >= 15 is 0 Å². The normalized spacial score (nSPS) is 10.6. The van der Waals surface area contributed by atoms with E-state index in [0.717, 1.165) is 11.3 Å². The summed E-state index contributed by atoms with van der Waals surface area (Å²) in [5.41, 5.74) is 2.60. The van der Waals surface area contributed by atoms with Crippen LogP contribution in [0.25, 0.3) is 0 Å². The van der Waals surface area contributed by atoms with Gasteiger partial charge in [0.05, 0.1) is 26.5 Å². The monoisotopic (exact) mass is 447 g/mol. The molecule has 0 radical (unpaired) electrons. The number of nitrogens with one attached hydrogen (secondary N) is 1. The number of ether oxygens (including phenoxy) is 2. The zero-order valence-corrected chi connectivity index (χ0v) is 19.4. The molecule has 3 aromatic carbocycles. The minimum Gasteiger partial charge on any atom is -0.497 e. The Bertz CT molecular complexity index is 1100. The Hall–Kier alpha value is -3.84. The minimum atomic E-state index is -0.273. The zero-order chi connectivity index (χ0) is 23.8. The number of rotatable bonds is 9. The van der Waals surface area contributed by atoms with Gasteiger partial charge in [-0.05, 0) is 56.1 Å². The molecule has 1 N–H and O–H groups in total. The standard InChI is InChI=1S/C26H29N3O4/c1-28(2)18-29(21-11-6-5-7-12-21)26(31)20-10-8-9-19(15-20)17-27-25(30)23-14-13-22(32-3)16-24(23)33-4/h5-16H,17-18H2,1-4H3,(H,27,30). The molecule has 0 saturated heterocycles. The quantitative estimate of drug-likeness (QED) is 0.505. The van der Waals surface area contributed by atoms with Crippen molar-refractivity contribution in [3.05, 3.63) is 89.5 Å². The SMILES string of the molecule is COc1ccc(C(=O)NCc2cccc(C(=O)N(CN(C)C)c3ccccc3)c2)c(OC)c1. The summed E-state index contributed by atoms with van der Waals surface area (Å²) in [5.74, 6) is 0.651. The molecule has 0 saturated carbocycles. The highest BCUT2D eigenvalue weighted by Crippen LogP contribution is 2.24. The fourth-order valence-corrected chi connectivity index (χ4v) is 3.39. The molecular weight excluding hydrogens is 418 g/mol. The molecule has 0 aliphatic heterocycles. The summed E-state index contributed by atoms with van der Waals surface area (Å²) < 4.78 is 10.5. The lowest BCUT2D eigenvalue weighted by molar-refractivity contribution is 0.0946. The number of anilines is 1. The molecule has 172 valence electrons. The van der Waals surface area contributed by atoms with Crippen LogP contribution in [-0.2, 0) is 6.54 Å². The van der Waals surface area contributed by atoms with Gasteiger partial charge in [-0.1, -0.05) is 30.3 Å². The van der Waals surface area contributed by atoms with Crippen molar-refractivity contribution < 1.29 is 19.1 Å². The molecule has 7 heteroatoms. The average molecular weight is 448 g/mol. The number of nitrogens with zero attached hydrogens (tertiary/aromatic N) is 2. The second kappa shape index (κ2) is 11.2. The predicted molar refractivity (Wildman–Crippen MR) is 129 cm³/mol.